The number of pyridine rings is 1. The van der Waals surface area contributed by atoms with Crippen LogP contribution in [0.3, 0.4) is 0 Å². The summed E-state index contributed by atoms with van der Waals surface area (Å²) in [5, 5.41) is 4.55. The van der Waals surface area contributed by atoms with E-state index in [4.69, 9.17) is 28.2 Å². The van der Waals surface area contributed by atoms with E-state index in [1.807, 2.05) is 71.6 Å². The van der Waals surface area contributed by atoms with Crippen molar-refractivity contribution >= 4 is 50.3 Å². The third-order valence-electron chi connectivity index (χ3n) is 5.59. The molecule has 2 atom stereocenters. The second kappa shape index (κ2) is 9.33. The van der Waals surface area contributed by atoms with E-state index < -0.39 is 10.0 Å². The minimum Gasteiger partial charge on any atom is -0.459 e. The van der Waals surface area contributed by atoms with E-state index in [2.05, 4.69) is 15.0 Å². The molecule has 7 nitrogen and oxygen atoms in total. The Bertz CT molecular complexity index is 1460. The van der Waals surface area contributed by atoms with Gasteiger partial charge in [0.1, 0.15) is 17.6 Å². The smallest absolute Gasteiger partial charge is 0.229 e. The van der Waals surface area contributed by atoms with Crippen LogP contribution in [0.25, 0.3) is 11.3 Å². The first-order valence-electron chi connectivity index (χ1n) is 10.7. The Kier molecular flexibility index (Phi) is 6.22. The Hall–Kier alpha value is -3.40. The molecule has 0 bridgehead atoms. The number of thiocarbonyl (C=S) groups is 1. The predicted molar refractivity (Wildman–Crippen MR) is 142 cm³/mol. The molecule has 0 saturated carbocycles. The van der Waals surface area contributed by atoms with Crippen LogP contribution < -0.4 is 14.9 Å². The zero-order valence-corrected chi connectivity index (χ0v) is 20.9. The van der Waals surface area contributed by atoms with Crippen LogP contribution in [-0.2, 0) is 10.0 Å². The second-order valence-corrected chi connectivity index (χ2v) is 10.7. The lowest BCUT2D eigenvalue weighted by molar-refractivity contribution is 0.439. The molecule has 0 aliphatic carbocycles. The number of halogens is 1. The molecule has 10 heteroatoms. The molecule has 3 heterocycles. The molecule has 2 N–H and O–H groups in total. The normalized spacial score (nSPS) is 17.9. The van der Waals surface area contributed by atoms with E-state index in [1.54, 1.807) is 18.3 Å². The van der Waals surface area contributed by atoms with Crippen molar-refractivity contribution in [2.75, 3.05) is 15.9 Å². The van der Waals surface area contributed by atoms with E-state index in [0.29, 0.717) is 27.3 Å². The van der Waals surface area contributed by atoms with Gasteiger partial charge < -0.3 is 14.6 Å². The average molecular weight is 525 g/mol. The first-order valence-corrected chi connectivity index (χ1v) is 13.4. The van der Waals surface area contributed by atoms with E-state index in [0.717, 1.165) is 23.2 Å². The summed E-state index contributed by atoms with van der Waals surface area (Å²) >= 11 is 11.8. The van der Waals surface area contributed by atoms with Gasteiger partial charge in [0.2, 0.25) is 10.0 Å². The number of furan rings is 1. The van der Waals surface area contributed by atoms with E-state index in [-0.39, 0.29) is 12.1 Å². The van der Waals surface area contributed by atoms with E-state index in [1.165, 1.54) is 0 Å². The van der Waals surface area contributed by atoms with Crippen LogP contribution in [-0.4, -0.2) is 24.8 Å². The Balaban J connectivity index is 1.54. The average Bonchev–Trinajstić information content (AvgIpc) is 3.44. The fourth-order valence-electron chi connectivity index (χ4n) is 4.11. The number of nitrogens with zero attached hydrogens (tertiary/aromatic N) is 2. The molecule has 1 fully saturated rings. The van der Waals surface area contributed by atoms with Gasteiger partial charge in [-0.15, -0.1) is 0 Å². The van der Waals surface area contributed by atoms with Crippen molar-refractivity contribution in [2.24, 2.45) is 0 Å². The number of hydrogen-bond donors (Lipinski definition) is 2. The molecule has 2 unspecified atom stereocenters. The highest BCUT2D eigenvalue weighted by Gasteiger charge is 2.42. The molecule has 5 rings (SSSR count). The van der Waals surface area contributed by atoms with Gasteiger partial charge in [-0.1, -0.05) is 17.7 Å². The molecule has 2 aromatic carbocycles. The van der Waals surface area contributed by atoms with Crippen molar-refractivity contribution in [1.29, 1.82) is 0 Å². The van der Waals surface area contributed by atoms with Gasteiger partial charge in [-0.25, -0.2) is 8.42 Å². The Morgan fingerprint density at radius 3 is 2.43 bits per heavy atom. The standard InChI is InChI=1S/C25H21ClN4O3S2/c1-35(31,32)29-18-9-11-19(12-10-18)30-24(23(28-25(30)34)20-4-2-3-15-27-20)22-14-13-21(33-22)16-5-7-17(26)8-6-16/h2-15,23-24,29H,1H3,(H,28,34). The molecule has 35 heavy (non-hydrogen) atoms. The van der Waals surface area contributed by atoms with Crippen LogP contribution in [0.1, 0.15) is 23.5 Å². The Labute approximate surface area is 213 Å². The van der Waals surface area contributed by atoms with Crippen LogP contribution in [0, 0.1) is 0 Å². The summed E-state index contributed by atoms with van der Waals surface area (Å²) in [5.74, 6) is 1.41. The van der Waals surface area contributed by atoms with Crippen molar-refractivity contribution in [3.8, 4) is 11.3 Å². The summed E-state index contributed by atoms with van der Waals surface area (Å²) in [6.07, 6.45) is 2.86. The van der Waals surface area contributed by atoms with E-state index in [9.17, 15) is 8.42 Å². The molecule has 1 aliphatic heterocycles. The maximum Gasteiger partial charge on any atom is 0.229 e. The highest BCUT2D eigenvalue weighted by atomic mass is 35.5. The molecule has 0 spiro atoms. The van der Waals surface area contributed by atoms with Crippen LogP contribution >= 0.6 is 23.8 Å². The summed E-state index contributed by atoms with van der Waals surface area (Å²) in [6.45, 7) is 0. The number of benzene rings is 2. The van der Waals surface area contributed by atoms with Gasteiger partial charge in [-0.2, -0.15) is 0 Å². The number of hydrogen-bond acceptors (Lipinski definition) is 5. The fourth-order valence-corrected chi connectivity index (χ4v) is 5.14. The number of nitrogens with one attached hydrogen (secondary N) is 2. The minimum atomic E-state index is -3.38. The molecule has 0 radical (unpaired) electrons. The van der Waals surface area contributed by atoms with E-state index >= 15 is 0 Å². The number of rotatable bonds is 6. The minimum absolute atomic E-state index is 0.262. The van der Waals surface area contributed by atoms with Crippen LogP contribution in [0.15, 0.2) is 89.5 Å². The van der Waals surface area contributed by atoms with Gasteiger partial charge in [0, 0.05) is 28.2 Å². The monoisotopic (exact) mass is 524 g/mol. The lowest BCUT2D eigenvalue weighted by atomic mass is 10.0. The summed E-state index contributed by atoms with van der Waals surface area (Å²) in [6, 6.07) is 23.5. The number of sulfonamides is 1. The maximum atomic E-state index is 11.6. The summed E-state index contributed by atoms with van der Waals surface area (Å²) in [4.78, 5) is 6.51. The van der Waals surface area contributed by atoms with Crippen LogP contribution in [0.4, 0.5) is 11.4 Å². The molecule has 4 aromatic rings. The second-order valence-electron chi connectivity index (χ2n) is 8.13. The van der Waals surface area contributed by atoms with Crippen molar-refractivity contribution in [1.82, 2.24) is 10.3 Å². The van der Waals surface area contributed by atoms with Crippen LogP contribution in [0.5, 0.6) is 0 Å². The summed E-state index contributed by atoms with van der Waals surface area (Å²) < 4.78 is 32.0. The van der Waals surface area contributed by atoms with Gasteiger partial charge in [0.15, 0.2) is 5.11 Å². The molecule has 178 valence electrons. The number of anilines is 2. The molecular formula is C25H21ClN4O3S2. The summed E-state index contributed by atoms with van der Waals surface area (Å²) in [5.41, 5.74) is 2.98. The van der Waals surface area contributed by atoms with Gasteiger partial charge in [-0.3, -0.25) is 9.71 Å². The maximum absolute atomic E-state index is 11.6. The third kappa shape index (κ3) is 5.02. The molecular weight excluding hydrogens is 504 g/mol. The lowest BCUT2D eigenvalue weighted by Gasteiger charge is -2.26. The zero-order chi connectivity index (χ0) is 24.6. The third-order valence-corrected chi connectivity index (χ3v) is 6.77. The van der Waals surface area contributed by atoms with Gasteiger partial charge in [0.25, 0.3) is 0 Å². The highest BCUT2D eigenvalue weighted by molar-refractivity contribution is 7.92. The van der Waals surface area contributed by atoms with Gasteiger partial charge in [0.05, 0.1) is 18.0 Å². The summed E-state index contributed by atoms with van der Waals surface area (Å²) in [7, 11) is -3.38. The predicted octanol–water partition coefficient (Wildman–Crippen LogP) is 5.54. The van der Waals surface area contributed by atoms with Crippen molar-refractivity contribution < 1.29 is 12.8 Å². The van der Waals surface area contributed by atoms with Gasteiger partial charge in [-0.05, 0) is 85.0 Å². The molecule has 1 aliphatic rings. The van der Waals surface area contributed by atoms with Crippen LogP contribution in [0.2, 0.25) is 5.02 Å². The quantitative estimate of drug-likeness (QED) is 0.320. The lowest BCUT2D eigenvalue weighted by Crippen LogP contribution is -2.29. The molecule has 0 amide bonds. The fraction of sp³-hybridized carbons (Fsp3) is 0.120. The Morgan fingerprint density at radius 1 is 1.03 bits per heavy atom. The van der Waals surface area contributed by atoms with Crippen molar-refractivity contribution in [3.05, 3.63) is 102 Å². The van der Waals surface area contributed by atoms with Crippen molar-refractivity contribution in [2.45, 2.75) is 12.1 Å². The highest BCUT2D eigenvalue weighted by Crippen LogP contribution is 2.43. The first kappa shape index (κ1) is 23.3. The Morgan fingerprint density at radius 2 is 1.77 bits per heavy atom. The zero-order valence-electron chi connectivity index (χ0n) is 18.6. The molecule has 1 saturated heterocycles. The topological polar surface area (TPSA) is 87.5 Å². The molecule has 2 aromatic heterocycles. The SMILES string of the molecule is CS(=O)(=O)Nc1ccc(N2C(=S)NC(c3ccccn3)C2c2ccc(-c3ccc(Cl)cc3)o2)cc1. The first-order chi connectivity index (χ1) is 16.8. The van der Waals surface area contributed by atoms with Gasteiger partial charge >= 0.3 is 0 Å². The number of aromatic nitrogens is 1. The van der Waals surface area contributed by atoms with Crippen molar-refractivity contribution in [3.63, 3.8) is 0 Å². The largest absolute Gasteiger partial charge is 0.459 e.